The molecule has 0 amide bonds. The number of benzene rings is 2. The average Bonchev–Trinajstić information content (AvgIpc) is 3.09. The Bertz CT molecular complexity index is 870. The number of carbonyl (C=O) groups excluding carboxylic acids is 3. The average molecular weight is 295 g/mol. The van der Waals surface area contributed by atoms with Crippen molar-refractivity contribution in [1.82, 2.24) is 0 Å². The van der Waals surface area contributed by atoms with Gasteiger partial charge in [0, 0.05) is 5.56 Å². The number of ether oxygens (including phenoxy) is 1. The van der Waals surface area contributed by atoms with Gasteiger partial charge in [0.2, 0.25) is 11.9 Å². The van der Waals surface area contributed by atoms with Crippen LogP contribution in [-0.4, -0.2) is 29.5 Å². The summed E-state index contributed by atoms with van der Waals surface area (Å²) in [6.07, 6.45) is -1.13. The van der Waals surface area contributed by atoms with Crippen LogP contribution < -0.4 is 0 Å². The fraction of sp³-hybridized carbons (Fsp3) is 0.125. The van der Waals surface area contributed by atoms with Crippen LogP contribution in [0.15, 0.2) is 47.6 Å². The van der Waals surface area contributed by atoms with Crippen molar-refractivity contribution in [3.8, 4) is 0 Å². The molecule has 6 heteroatoms. The first-order valence-corrected chi connectivity index (χ1v) is 6.68. The van der Waals surface area contributed by atoms with Gasteiger partial charge < -0.3 is 9.57 Å². The molecule has 0 N–H and O–H groups in total. The molecule has 2 heterocycles. The van der Waals surface area contributed by atoms with Gasteiger partial charge in [0.1, 0.15) is 5.71 Å². The minimum atomic E-state index is -1.13. The van der Waals surface area contributed by atoms with Gasteiger partial charge in [-0.05, 0) is 16.8 Å². The molecule has 2 aromatic rings. The van der Waals surface area contributed by atoms with Gasteiger partial charge in [-0.1, -0.05) is 41.6 Å². The lowest BCUT2D eigenvalue weighted by atomic mass is 9.92. The van der Waals surface area contributed by atoms with Gasteiger partial charge in [-0.3, -0.25) is 9.59 Å². The molecule has 0 saturated carbocycles. The first-order chi connectivity index (χ1) is 10.6. The van der Waals surface area contributed by atoms with Crippen LogP contribution in [0.2, 0.25) is 0 Å². The molecular formula is C16H9NO5. The number of hydrogen-bond acceptors (Lipinski definition) is 6. The zero-order valence-electron chi connectivity index (χ0n) is 11.2. The predicted molar refractivity (Wildman–Crippen MR) is 75.2 cm³/mol. The zero-order valence-corrected chi connectivity index (χ0v) is 11.2. The van der Waals surface area contributed by atoms with Crippen LogP contribution >= 0.6 is 0 Å². The molecule has 108 valence electrons. The molecule has 2 aliphatic heterocycles. The van der Waals surface area contributed by atoms with Crippen LogP contribution in [0.3, 0.4) is 0 Å². The van der Waals surface area contributed by atoms with Crippen LogP contribution in [0, 0.1) is 5.92 Å². The van der Waals surface area contributed by atoms with E-state index in [0.717, 1.165) is 10.8 Å². The lowest BCUT2D eigenvalue weighted by Gasteiger charge is -2.05. The summed E-state index contributed by atoms with van der Waals surface area (Å²) in [6.45, 7) is 0. The molecule has 6 nitrogen and oxygen atoms in total. The van der Waals surface area contributed by atoms with Crippen LogP contribution in [-0.2, 0) is 19.2 Å². The number of fused-ring (bicyclic) bond motifs is 2. The third-order valence-corrected chi connectivity index (χ3v) is 3.79. The molecule has 0 aliphatic carbocycles. The van der Waals surface area contributed by atoms with Crippen molar-refractivity contribution in [2.24, 2.45) is 11.1 Å². The first kappa shape index (κ1) is 12.7. The molecule has 22 heavy (non-hydrogen) atoms. The van der Waals surface area contributed by atoms with E-state index in [1.807, 2.05) is 30.3 Å². The summed E-state index contributed by atoms with van der Waals surface area (Å²) in [7, 11) is 0. The largest absolute Gasteiger partial charge is 0.390 e. The Morgan fingerprint density at radius 2 is 1.77 bits per heavy atom. The van der Waals surface area contributed by atoms with Gasteiger partial charge >= 0.3 is 11.9 Å². The van der Waals surface area contributed by atoms with Crippen molar-refractivity contribution in [3.05, 3.63) is 48.0 Å². The van der Waals surface area contributed by atoms with Crippen molar-refractivity contribution >= 4 is 34.2 Å². The summed E-state index contributed by atoms with van der Waals surface area (Å²) in [5.74, 6) is -3.10. The highest BCUT2D eigenvalue weighted by atomic mass is 16.7. The Hall–Kier alpha value is -3.02. The van der Waals surface area contributed by atoms with Crippen LogP contribution in [0.4, 0.5) is 0 Å². The second kappa shape index (κ2) is 4.49. The minimum Gasteiger partial charge on any atom is -0.390 e. The Kier molecular flexibility index (Phi) is 2.59. The zero-order chi connectivity index (χ0) is 15.3. The Morgan fingerprint density at radius 3 is 2.59 bits per heavy atom. The summed E-state index contributed by atoms with van der Waals surface area (Å²) < 4.78 is 4.48. The standard InChI is InChI=1S/C16H9NO5/c18-13(10-6-5-8-3-1-2-4-9(8)7-10)12-11-14(22-17-12)16(20)21-15(11)19/h1-7,11,14H. The minimum absolute atomic E-state index is 0.0869. The van der Waals surface area contributed by atoms with E-state index < -0.39 is 29.7 Å². The molecule has 4 rings (SSSR count). The van der Waals surface area contributed by atoms with Gasteiger partial charge in [0.25, 0.3) is 0 Å². The third kappa shape index (κ3) is 1.74. The fourth-order valence-corrected chi connectivity index (χ4v) is 2.67. The lowest BCUT2D eigenvalue weighted by molar-refractivity contribution is -0.155. The number of Topliss-reactive ketones (excluding diaryl/α,β-unsaturated/α-hetero) is 1. The monoisotopic (exact) mass is 295 g/mol. The maximum Gasteiger partial charge on any atom is 0.359 e. The predicted octanol–water partition coefficient (Wildman–Crippen LogP) is 1.48. The highest BCUT2D eigenvalue weighted by Crippen LogP contribution is 2.29. The van der Waals surface area contributed by atoms with E-state index in [1.54, 1.807) is 12.1 Å². The lowest BCUT2D eigenvalue weighted by Crippen LogP contribution is -2.30. The first-order valence-electron chi connectivity index (χ1n) is 6.68. The van der Waals surface area contributed by atoms with Crippen molar-refractivity contribution < 1.29 is 24.0 Å². The molecule has 0 bridgehead atoms. The highest BCUT2D eigenvalue weighted by molar-refractivity contribution is 6.50. The smallest absolute Gasteiger partial charge is 0.359 e. The van der Waals surface area contributed by atoms with Gasteiger partial charge in [-0.25, -0.2) is 4.79 Å². The molecule has 2 atom stereocenters. The van der Waals surface area contributed by atoms with E-state index in [1.165, 1.54) is 0 Å². The summed E-state index contributed by atoms with van der Waals surface area (Å²) in [6, 6.07) is 12.8. The summed E-state index contributed by atoms with van der Waals surface area (Å²) in [5, 5.41) is 5.52. The van der Waals surface area contributed by atoms with E-state index >= 15 is 0 Å². The maximum absolute atomic E-state index is 12.6. The Morgan fingerprint density at radius 1 is 1.00 bits per heavy atom. The second-order valence-corrected chi connectivity index (χ2v) is 5.11. The molecule has 1 saturated heterocycles. The van der Waals surface area contributed by atoms with Crippen LogP contribution in [0.5, 0.6) is 0 Å². The van der Waals surface area contributed by atoms with Crippen molar-refractivity contribution in [3.63, 3.8) is 0 Å². The SMILES string of the molecule is O=C(C1=NOC2C(=O)OC(=O)C12)c1ccc2ccccc2c1. The second-order valence-electron chi connectivity index (χ2n) is 5.11. The molecular weight excluding hydrogens is 286 g/mol. The maximum atomic E-state index is 12.6. The molecule has 0 radical (unpaired) electrons. The van der Waals surface area contributed by atoms with E-state index in [4.69, 9.17) is 4.84 Å². The van der Waals surface area contributed by atoms with Gasteiger partial charge in [-0.2, -0.15) is 0 Å². The van der Waals surface area contributed by atoms with Crippen molar-refractivity contribution in [2.45, 2.75) is 6.10 Å². The van der Waals surface area contributed by atoms with E-state index in [0.29, 0.717) is 5.56 Å². The normalized spacial score (nSPS) is 23.0. The molecule has 2 aliphatic rings. The molecule has 0 spiro atoms. The van der Waals surface area contributed by atoms with Gasteiger partial charge in [0.05, 0.1) is 0 Å². The quantitative estimate of drug-likeness (QED) is 0.476. The molecule has 0 aromatic heterocycles. The molecule has 2 unspecified atom stereocenters. The summed E-state index contributed by atoms with van der Waals surface area (Å²) >= 11 is 0. The number of hydrogen-bond donors (Lipinski definition) is 0. The van der Waals surface area contributed by atoms with Crippen LogP contribution in [0.25, 0.3) is 10.8 Å². The van der Waals surface area contributed by atoms with E-state index in [2.05, 4.69) is 9.89 Å². The number of cyclic esters (lactones) is 2. The van der Waals surface area contributed by atoms with Gasteiger partial charge in [-0.15, -0.1) is 0 Å². The van der Waals surface area contributed by atoms with E-state index in [-0.39, 0.29) is 5.71 Å². The fourth-order valence-electron chi connectivity index (χ4n) is 2.67. The third-order valence-electron chi connectivity index (χ3n) is 3.79. The molecule has 1 fully saturated rings. The number of nitrogens with zero attached hydrogens (tertiary/aromatic N) is 1. The van der Waals surface area contributed by atoms with Crippen molar-refractivity contribution in [2.75, 3.05) is 0 Å². The highest BCUT2D eigenvalue weighted by Gasteiger charge is 2.55. The van der Waals surface area contributed by atoms with Crippen LogP contribution in [0.1, 0.15) is 10.4 Å². The van der Waals surface area contributed by atoms with Gasteiger partial charge in [0.15, 0.2) is 5.92 Å². The number of oxime groups is 1. The number of rotatable bonds is 2. The number of esters is 2. The summed E-state index contributed by atoms with van der Waals surface area (Å²) in [5.41, 5.74) is 0.296. The number of ketones is 1. The van der Waals surface area contributed by atoms with E-state index in [9.17, 15) is 14.4 Å². The molecule has 2 aromatic carbocycles. The Balaban J connectivity index is 1.72. The Labute approximate surface area is 124 Å². The van der Waals surface area contributed by atoms with Crippen molar-refractivity contribution in [1.29, 1.82) is 0 Å². The topological polar surface area (TPSA) is 82.0 Å². The number of carbonyl (C=O) groups is 3. The summed E-state index contributed by atoms with van der Waals surface area (Å²) in [4.78, 5) is 40.5.